The summed E-state index contributed by atoms with van der Waals surface area (Å²) < 4.78 is 12.8. The highest BCUT2D eigenvalue weighted by atomic mass is 32.2. The average molecular weight is 450 g/mol. The van der Waals surface area contributed by atoms with E-state index in [4.69, 9.17) is 9.15 Å². The summed E-state index contributed by atoms with van der Waals surface area (Å²) in [7, 11) is 0. The first-order valence-electron chi connectivity index (χ1n) is 9.70. The molecule has 2 aromatic heterocycles. The smallest absolute Gasteiger partial charge is 0.270 e. The Labute approximate surface area is 187 Å². The maximum atomic E-state index is 12.7. The van der Waals surface area contributed by atoms with Gasteiger partial charge in [0.15, 0.2) is 16.7 Å². The van der Waals surface area contributed by atoms with E-state index in [0.29, 0.717) is 23.3 Å². The Morgan fingerprint density at radius 2 is 1.97 bits per heavy atom. The van der Waals surface area contributed by atoms with Gasteiger partial charge in [-0.15, -0.1) is 10.2 Å². The standard InChI is InChI=1S/C22H18N4O5S/c1-2-30-18-10-8-16(9-11-18)25-21(20-7-4-12-31-20)23-24-22(25)32-14-19(27)15-5-3-6-17(13-15)26(28)29/h3-13H,2,14H2,1H3. The number of carbonyl (C=O) groups is 1. The number of non-ortho nitro benzene ring substituents is 1. The van der Waals surface area contributed by atoms with Gasteiger partial charge in [-0.05, 0) is 43.3 Å². The quantitative estimate of drug-likeness (QED) is 0.154. The molecule has 0 saturated heterocycles. The van der Waals surface area contributed by atoms with Crippen LogP contribution in [-0.2, 0) is 0 Å². The van der Waals surface area contributed by atoms with E-state index in [-0.39, 0.29) is 22.8 Å². The predicted molar refractivity (Wildman–Crippen MR) is 118 cm³/mol. The summed E-state index contributed by atoms with van der Waals surface area (Å²) in [5.74, 6) is 1.54. The molecule has 2 aromatic carbocycles. The van der Waals surface area contributed by atoms with Crippen molar-refractivity contribution < 1.29 is 18.9 Å². The molecule has 0 atom stereocenters. The number of carbonyl (C=O) groups excluding carboxylic acids is 1. The van der Waals surface area contributed by atoms with Crippen molar-refractivity contribution in [1.82, 2.24) is 14.8 Å². The predicted octanol–water partition coefficient (Wildman–Crippen LogP) is 4.81. The zero-order chi connectivity index (χ0) is 22.5. The number of Topliss-reactive ketones (excluding diaryl/α,β-unsaturated/α-hetero) is 1. The number of furan rings is 1. The number of hydrogen-bond acceptors (Lipinski definition) is 8. The summed E-state index contributed by atoms with van der Waals surface area (Å²) in [6.45, 7) is 2.47. The van der Waals surface area contributed by atoms with Gasteiger partial charge in [-0.25, -0.2) is 0 Å². The number of hydrogen-bond donors (Lipinski definition) is 0. The van der Waals surface area contributed by atoms with Crippen molar-refractivity contribution in [2.75, 3.05) is 12.4 Å². The van der Waals surface area contributed by atoms with Crippen molar-refractivity contribution in [1.29, 1.82) is 0 Å². The molecule has 0 saturated carbocycles. The van der Waals surface area contributed by atoms with Crippen LogP contribution in [0.3, 0.4) is 0 Å². The van der Waals surface area contributed by atoms with Gasteiger partial charge < -0.3 is 9.15 Å². The number of rotatable bonds is 9. The van der Waals surface area contributed by atoms with E-state index in [1.54, 1.807) is 29.0 Å². The molecule has 0 radical (unpaired) electrons. The van der Waals surface area contributed by atoms with Crippen molar-refractivity contribution in [3.05, 3.63) is 82.6 Å². The highest BCUT2D eigenvalue weighted by Crippen LogP contribution is 2.29. The lowest BCUT2D eigenvalue weighted by Gasteiger charge is -2.10. The third-order valence-electron chi connectivity index (χ3n) is 4.49. The van der Waals surface area contributed by atoms with Gasteiger partial charge in [-0.3, -0.25) is 19.5 Å². The topological polar surface area (TPSA) is 113 Å². The average Bonchev–Trinajstić information content (AvgIpc) is 3.48. The van der Waals surface area contributed by atoms with Crippen LogP contribution in [0.25, 0.3) is 17.3 Å². The van der Waals surface area contributed by atoms with Crippen molar-refractivity contribution in [2.24, 2.45) is 0 Å². The van der Waals surface area contributed by atoms with E-state index in [2.05, 4.69) is 10.2 Å². The number of ketones is 1. The van der Waals surface area contributed by atoms with Crippen molar-refractivity contribution in [3.8, 4) is 23.0 Å². The second kappa shape index (κ2) is 9.48. The fraction of sp³-hybridized carbons (Fsp3) is 0.136. The second-order valence-corrected chi connectivity index (χ2v) is 7.51. The van der Waals surface area contributed by atoms with Crippen LogP contribution >= 0.6 is 11.8 Å². The van der Waals surface area contributed by atoms with Crippen LogP contribution in [0.15, 0.2) is 76.5 Å². The van der Waals surface area contributed by atoms with E-state index < -0.39 is 4.92 Å². The molecule has 0 spiro atoms. The molecular weight excluding hydrogens is 432 g/mol. The fourth-order valence-corrected chi connectivity index (χ4v) is 3.87. The molecule has 0 aliphatic heterocycles. The van der Waals surface area contributed by atoms with Crippen LogP contribution in [0.4, 0.5) is 5.69 Å². The van der Waals surface area contributed by atoms with Crippen molar-refractivity contribution in [3.63, 3.8) is 0 Å². The summed E-state index contributed by atoms with van der Waals surface area (Å²) in [5, 5.41) is 20.0. The fourth-order valence-electron chi connectivity index (χ4n) is 3.03. The van der Waals surface area contributed by atoms with Gasteiger partial charge in [0.05, 0.1) is 29.2 Å². The Morgan fingerprint density at radius 3 is 2.66 bits per heavy atom. The molecule has 0 amide bonds. The highest BCUT2D eigenvalue weighted by Gasteiger charge is 2.20. The third kappa shape index (κ3) is 4.54. The Morgan fingerprint density at radius 1 is 1.16 bits per heavy atom. The molecule has 0 aliphatic carbocycles. The van der Waals surface area contributed by atoms with Crippen LogP contribution in [0.5, 0.6) is 5.75 Å². The Bertz CT molecular complexity index is 1240. The van der Waals surface area contributed by atoms with Crippen molar-refractivity contribution in [2.45, 2.75) is 12.1 Å². The summed E-state index contributed by atoms with van der Waals surface area (Å²) >= 11 is 1.19. The van der Waals surface area contributed by atoms with Crippen molar-refractivity contribution >= 4 is 23.2 Å². The minimum atomic E-state index is -0.526. The highest BCUT2D eigenvalue weighted by molar-refractivity contribution is 7.99. The summed E-state index contributed by atoms with van der Waals surface area (Å²) in [4.78, 5) is 23.1. The Hall–Kier alpha value is -3.92. The van der Waals surface area contributed by atoms with E-state index in [9.17, 15) is 14.9 Å². The third-order valence-corrected chi connectivity index (χ3v) is 5.42. The lowest BCUT2D eigenvalue weighted by Crippen LogP contribution is -2.05. The Balaban J connectivity index is 1.62. The number of benzene rings is 2. The maximum Gasteiger partial charge on any atom is 0.270 e. The van der Waals surface area contributed by atoms with Gasteiger partial charge in [-0.2, -0.15) is 0 Å². The molecule has 10 heteroatoms. The van der Waals surface area contributed by atoms with Crippen LogP contribution < -0.4 is 4.74 Å². The van der Waals surface area contributed by atoms with Gasteiger partial charge in [0, 0.05) is 17.7 Å². The lowest BCUT2D eigenvalue weighted by atomic mass is 10.1. The van der Waals surface area contributed by atoms with E-state index in [1.807, 2.05) is 31.2 Å². The molecule has 4 rings (SSSR count). The van der Waals surface area contributed by atoms with E-state index >= 15 is 0 Å². The number of aromatic nitrogens is 3. The summed E-state index contributed by atoms with van der Waals surface area (Å²) in [6, 6.07) is 16.6. The number of nitrogens with zero attached hydrogens (tertiary/aromatic N) is 4. The zero-order valence-corrected chi connectivity index (χ0v) is 17.8. The zero-order valence-electron chi connectivity index (χ0n) is 17.0. The summed E-state index contributed by atoms with van der Waals surface area (Å²) in [6.07, 6.45) is 1.55. The van der Waals surface area contributed by atoms with Gasteiger partial charge in [0.2, 0.25) is 5.82 Å². The number of nitro groups is 1. The molecule has 0 N–H and O–H groups in total. The first-order valence-corrected chi connectivity index (χ1v) is 10.7. The Kier molecular flexibility index (Phi) is 6.31. The minimum Gasteiger partial charge on any atom is -0.494 e. The molecule has 0 bridgehead atoms. The van der Waals surface area contributed by atoms with E-state index in [0.717, 1.165) is 11.4 Å². The molecule has 2 heterocycles. The SMILES string of the molecule is CCOc1ccc(-n2c(SCC(=O)c3cccc([N+](=O)[O-])c3)nnc2-c2ccco2)cc1. The first kappa shape index (κ1) is 21.3. The normalized spacial score (nSPS) is 10.8. The molecule has 0 aliphatic rings. The number of thioether (sulfide) groups is 1. The van der Waals surface area contributed by atoms with Crippen LogP contribution in [0, 0.1) is 10.1 Å². The number of nitro benzene ring substituents is 1. The minimum absolute atomic E-state index is 0.0362. The van der Waals surface area contributed by atoms with E-state index in [1.165, 1.54) is 30.0 Å². The molecule has 4 aromatic rings. The maximum absolute atomic E-state index is 12.7. The lowest BCUT2D eigenvalue weighted by molar-refractivity contribution is -0.384. The molecule has 9 nitrogen and oxygen atoms in total. The largest absolute Gasteiger partial charge is 0.494 e. The number of ether oxygens (including phenoxy) is 1. The first-order chi connectivity index (χ1) is 15.6. The van der Waals surface area contributed by atoms with Crippen LogP contribution in [0.1, 0.15) is 17.3 Å². The molecular formula is C22H18N4O5S. The molecule has 0 fully saturated rings. The van der Waals surface area contributed by atoms with Gasteiger partial charge in [-0.1, -0.05) is 23.9 Å². The van der Waals surface area contributed by atoms with Crippen LogP contribution in [-0.4, -0.2) is 37.8 Å². The monoisotopic (exact) mass is 450 g/mol. The molecule has 162 valence electrons. The molecule has 32 heavy (non-hydrogen) atoms. The summed E-state index contributed by atoms with van der Waals surface area (Å²) in [5.41, 5.74) is 0.916. The van der Waals surface area contributed by atoms with Gasteiger partial charge in [0.1, 0.15) is 5.75 Å². The van der Waals surface area contributed by atoms with Gasteiger partial charge in [0.25, 0.3) is 5.69 Å². The second-order valence-electron chi connectivity index (χ2n) is 6.57. The molecule has 0 unspecified atom stereocenters. The van der Waals surface area contributed by atoms with Gasteiger partial charge >= 0.3 is 0 Å². The van der Waals surface area contributed by atoms with Crippen LogP contribution in [0.2, 0.25) is 0 Å².